The summed E-state index contributed by atoms with van der Waals surface area (Å²) in [7, 11) is 9.50. The number of quaternary nitrogens is 1. The first kappa shape index (κ1) is 15.7. The number of hydrogen-bond acceptors (Lipinski definition) is 2. The van der Waals surface area contributed by atoms with E-state index in [-0.39, 0.29) is 18.5 Å². The van der Waals surface area contributed by atoms with Crippen LogP contribution in [0.3, 0.4) is 0 Å². The standard InChI is InChI=1S/C12H19N2O2.ClH/c1-13(2)12(15)16-11-8-6-7-10(9-11)14(3,4)5;/h6-9H,1-5H3;1H/q+1;. The van der Waals surface area contributed by atoms with Gasteiger partial charge in [-0.1, -0.05) is 6.07 Å². The molecule has 0 saturated carbocycles. The second-order valence-electron chi connectivity index (χ2n) is 4.77. The van der Waals surface area contributed by atoms with Crippen molar-refractivity contribution in [2.24, 2.45) is 0 Å². The van der Waals surface area contributed by atoms with Crippen LogP contribution in [-0.4, -0.2) is 46.2 Å². The summed E-state index contributed by atoms with van der Waals surface area (Å²) in [6, 6.07) is 7.55. The molecule has 0 unspecified atom stereocenters. The Balaban J connectivity index is 0.00000256. The highest BCUT2D eigenvalue weighted by molar-refractivity contribution is 5.85. The molecule has 17 heavy (non-hydrogen) atoms. The average molecular weight is 260 g/mol. The predicted octanol–water partition coefficient (Wildman–Crippen LogP) is 2.37. The van der Waals surface area contributed by atoms with Gasteiger partial charge in [0.2, 0.25) is 0 Å². The number of carbonyl (C=O) groups is 1. The Bertz CT molecular complexity index is 386. The number of halogens is 1. The number of hydrogen-bond donors (Lipinski definition) is 0. The first-order chi connectivity index (χ1) is 7.30. The third kappa shape index (κ3) is 4.63. The number of rotatable bonds is 2. The minimum Gasteiger partial charge on any atom is -0.410 e. The van der Waals surface area contributed by atoms with Crippen LogP contribution in [0.1, 0.15) is 0 Å². The zero-order valence-corrected chi connectivity index (χ0v) is 11.7. The van der Waals surface area contributed by atoms with Crippen molar-refractivity contribution >= 4 is 24.2 Å². The maximum atomic E-state index is 11.4. The number of nitrogens with zero attached hydrogens (tertiary/aromatic N) is 2. The van der Waals surface area contributed by atoms with Crippen molar-refractivity contribution in [3.63, 3.8) is 0 Å². The highest BCUT2D eigenvalue weighted by atomic mass is 35.5. The molecule has 1 aromatic carbocycles. The van der Waals surface area contributed by atoms with Gasteiger partial charge in [0, 0.05) is 20.2 Å². The van der Waals surface area contributed by atoms with Gasteiger partial charge in [-0.2, -0.15) is 0 Å². The summed E-state index contributed by atoms with van der Waals surface area (Å²) in [5, 5.41) is 0. The fourth-order valence-electron chi connectivity index (χ4n) is 1.16. The number of carbonyl (C=O) groups excluding carboxylic acids is 1. The summed E-state index contributed by atoms with van der Waals surface area (Å²) < 4.78 is 5.88. The van der Waals surface area contributed by atoms with E-state index in [2.05, 4.69) is 21.1 Å². The van der Waals surface area contributed by atoms with Gasteiger partial charge in [0.15, 0.2) is 0 Å². The molecule has 0 aliphatic heterocycles. The van der Waals surface area contributed by atoms with Gasteiger partial charge in [-0.05, 0) is 12.1 Å². The van der Waals surface area contributed by atoms with Gasteiger partial charge in [0.25, 0.3) is 0 Å². The third-order valence-corrected chi connectivity index (χ3v) is 2.16. The topological polar surface area (TPSA) is 29.5 Å². The summed E-state index contributed by atoms with van der Waals surface area (Å²) in [5.74, 6) is 0.573. The lowest BCUT2D eigenvalue weighted by molar-refractivity contribution is 0.172. The second-order valence-corrected chi connectivity index (χ2v) is 4.77. The van der Waals surface area contributed by atoms with Crippen LogP contribution in [-0.2, 0) is 0 Å². The Hall–Kier alpha value is -1.26. The van der Waals surface area contributed by atoms with Gasteiger partial charge >= 0.3 is 6.09 Å². The smallest absolute Gasteiger partial charge is 0.410 e. The Labute approximate surface area is 109 Å². The van der Waals surface area contributed by atoms with Crippen molar-refractivity contribution in [3.8, 4) is 5.75 Å². The van der Waals surface area contributed by atoms with Crippen LogP contribution in [0.4, 0.5) is 10.5 Å². The first-order valence-corrected chi connectivity index (χ1v) is 5.12. The summed E-state index contributed by atoms with van der Waals surface area (Å²) in [6.07, 6.45) is -0.362. The molecule has 4 nitrogen and oxygen atoms in total. The molecule has 0 N–H and O–H groups in total. The lowest BCUT2D eigenvalue weighted by atomic mass is 10.2. The minimum absolute atomic E-state index is 0. The van der Waals surface area contributed by atoms with E-state index >= 15 is 0 Å². The van der Waals surface area contributed by atoms with Gasteiger partial charge in [0.05, 0.1) is 21.1 Å². The van der Waals surface area contributed by atoms with Gasteiger partial charge < -0.3 is 9.64 Å². The van der Waals surface area contributed by atoms with Crippen LogP contribution >= 0.6 is 12.4 Å². The molecular formula is C12H20ClN2O2+. The maximum Gasteiger partial charge on any atom is 0.414 e. The Kier molecular flexibility index (Phi) is 5.45. The lowest BCUT2D eigenvalue weighted by Crippen LogP contribution is -2.34. The molecule has 0 saturated heterocycles. The minimum atomic E-state index is -0.362. The molecule has 0 spiro atoms. The van der Waals surface area contributed by atoms with E-state index in [1.165, 1.54) is 4.90 Å². The van der Waals surface area contributed by atoms with Gasteiger partial charge in [-0.15, -0.1) is 12.4 Å². The molecular weight excluding hydrogens is 240 g/mol. The van der Waals surface area contributed by atoms with Gasteiger partial charge in [-0.3, -0.25) is 4.48 Å². The summed E-state index contributed by atoms with van der Waals surface area (Å²) >= 11 is 0. The fraction of sp³-hybridized carbons (Fsp3) is 0.417. The van der Waals surface area contributed by atoms with Crippen molar-refractivity contribution < 1.29 is 9.53 Å². The molecule has 1 amide bonds. The van der Waals surface area contributed by atoms with Crippen molar-refractivity contribution in [2.75, 3.05) is 35.2 Å². The number of ether oxygens (including phenoxy) is 1. The number of amides is 1. The van der Waals surface area contributed by atoms with Crippen molar-refractivity contribution in [2.45, 2.75) is 0 Å². The van der Waals surface area contributed by atoms with Crippen LogP contribution in [0, 0.1) is 0 Å². The van der Waals surface area contributed by atoms with E-state index in [1.807, 2.05) is 18.2 Å². The van der Waals surface area contributed by atoms with E-state index < -0.39 is 0 Å². The second kappa shape index (κ2) is 5.89. The molecule has 0 aliphatic carbocycles. The summed E-state index contributed by atoms with van der Waals surface area (Å²) in [5.41, 5.74) is 1.09. The Morgan fingerprint density at radius 1 is 1.24 bits per heavy atom. The van der Waals surface area contributed by atoms with Crippen LogP contribution in [0.2, 0.25) is 0 Å². The van der Waals surface area contributed by atoms with Crippen molar-refractivity contribution in [3.05, 3.63) is 24.3 Å². The van der Waals surface area contributed by atoms with Crippen LogP contribution in [0.5, 0.6) is 5.75 Å². The molecule has 0 aromatic heterocycles. The van der Waals surface area contributed by atoms with Crippen LogP contribution in [0.15, 0.2) is 24.3 Å². The maximum absolute atomic E-state index is 11.4. The molecule has 1 rings (SSSR count). The molecule has 96 valence electrons. The monoisotopic (exact) mass is 259 g/mol. The molecule has 0 aliphatic rings. The van der Waals surface area contributed by atoms with E-state index in [4.69, 9.17) is 4.74 Å². The highest BCUT2D eigenvalue weighted by Crippen LogP contribution is 2.22. The lowest BCUT2D eigenvalue weighted by Gasteiger charge is -2.23. The first-order valence-electron chi connectivity index (χ1n) is 5.12. The zero-order chi connectivity index (χ0) is 12.3. The molecule has 0 atom stereocenters. The third-order valence-electron chi connectivity index (χ3n) is 2.16. The quantitative estimate of drug-likeness (QED) is 0.763. The van der Waals surface area contributed by atoms with Crippen molar-refractivity contribution in [1.29, 1.82) is 0 Å². The largest absolute Gasteiger partial charge is 0.414 e. The Morgan fingerprint density at radius 3 is 2.29 bits per heavy atom. The fourth-order valence-corrected chi connectivity index (χ4v) is 1.16. The molecule has 0 radical (unpaired) electrons. The van der Waals surface area contributed by atoms with E-state index in [0.717, 1.165) is 5.69 Å². The van der Waals surface area contributed by atoms with E-state index in [0.29, 0.717) is 10.2 Å². The number of benzene rings is 1. The SMILES string of the molecule is CN(C)C(=O)Oc1cccc([N+](C)(C)C)c1.Cl. The Morgan fingerprint density at radius 2 is 1.82 bits per heavy atom. The predicted molar refractivity (Wildman–Crippen MR) is 73.0 cm³/mol. The average Bonchev–Trinajstić information content (AvgIpc) is 2.16. The molecule has 0 heterocycles. The zero-order valence-electron chi connectivity index (χ0n) is 10.9. The normalized spacial score (nSPS) is 10.4. The van der Waals surface area contributed by atoms with Crippen LogP contribution in [0.25, 0.3) is 0 Å². The summed E-state index contributed by atoms with van der Waals surface area (Å²) in [6.45, 7) is 0. The molecule has 0 fully saturated rings. The van der Waals surface area contributed by atoms with E-state index in [9.17, 15) is 4.79 Å². The highest BCUT2D eigenvalue weighted by Gasteiger charge is 2.14. The van der Waals surface area contributed by atoms with Gasteiger partial charge in [0.1, 0.15) is 11.4 Å². The van der Waals surface area contributed by atoms with E-state index in [1.54, 1.807) is 20.2 Å². The van der Waals surface area contributed by atoms with Crippen LogP contribution < -0.4 is 9.22 Å². The molecule has 0 bridgehead atoms. The van der Waals surface area contributed by atoms with Gasteiger partial charge in [-0.25, -0.2) is 4.79 Å². The molecule has 5 heteroatoms. The summed E-state index contributed by atoms with van der Waals surface area (Å²) in [4.78, 5) is 12.8. The van der Waals surface area contributed by atoms with Crippen molar-refractivity contribution in [1.82, 2.24) is 9.38 Å². The molecule has 1 aromatic rings.